The van der Waals surface area contributed by atoms with Gasteiger partial charge in [0.15, 0.2) is 0 Å². The van der Waals surface area contributed by atoms with Crippen LogP contribution in [0.5, 0.6) is 5.75 Å². The Hall–Kier alpha value is -0.500. The highest BCUT2D eigenvalue weighted by Gasteiger charge is 2.03. The first-order valence-corrected chi connectivity index (χ1v) is 5.51. The molecule has 0 bridgehead atoms. The van der Waals surface area contributed by atoms with Crippen LogP contribution in [0, 0.1) is 0 Å². The molecule has 0 aliphatic heterocycles. The van der Waals surface area contributed by atoms with E-state index < -0.39 is 0 Å². The van der Waals surface area contributed by atoms with Crippen molar-refractivity contribution in [3.63, 3.8) is 0 Å². The Kier molecular flexibility index (Phi) is 4.29. The summed E-state index contributed by atoms with van der Waals surface area (Å²) in [6, 6.07) is 5.81. The van der Waals surface area contributed by atoms with Gasteiger partial charge >= 0.3 is 0 Å². The molecule has 72 valence electrons. The molecule has 2 heteroatoms. The van der Waals surface area contributed by atoms with Crippen LogP contribution < -0.4 is 0 Å². The first-order chi connectivity index (χ1) is 6.25. The molecule has 0 unspecified atom stereocenters. The average molecular weight is 243 g/mol. The number of rotatable bonds is 4. The minimum atomic E-state index is 0.401. The summed E-state index contributed by atoms with van der Waals surface area (Å²) < 4.78 is 0.793. The van der Waals surface area contributed by atoms with Crippen LogP contribution in [0.25, 0.3) is 0 Å². The van der Waals surface area contributed by atoms with Gasteiger partial charge in [0.1, 0.15) is 5.75 Å². The lowest BCUT2D eigenvalue weighted by Gasteiger charge is -2.04. The minimum Gasteiger partial charge on any atom is -0.506 e. The van der Waals surface area contributed by atoms with Crippen LogP contribution in [-0.4, -0.2) is 5.11 Å². The number of phenolic OH excluding ortho intramolecular Hbond substituents is 1. The number of benzene rings is 1. The van der Waals surface area contributed by atoms with E-state index >= 15 is 0 Å². The van der Waals surface area contributed by atoms with E-state index in [9.17, 15) is 5.11 Å². The first-order valence-electron chi connectivity index (χ1n) is 4.72. The molecule has 0 aliphatic carbocycles. The molecule has 1 N–H and O–H groups in total. The summed E-state index contributed by atoms with van der Waals surface area (Å²) in [6.07, 6.45) is 4.57. The fraction of sp³-hybridized carbons (Fsp3) is 0.455. The third kappa shape index (κ3) is 3.03. The Bertz CT molecular complexity index is 271. The Labute approximate surface area is 87.9 Å². The molecule has 0 fully saturated rings. The number of aromatic hydroxyl groups is 1. The lowest BCUT2D eigenvalue weighted by atomic mass is 10.1. The zero-order chi connectivity index (χ0) is 9.68. The van der Waals surface area contributed by atoms with Crippen molar-refractivity contribution in [1.29, 1.82) is 0 Å². The summed E-state index contributed by atoms with van der Waals surface area (Å²) in [7, 11) is 0. The van der Waals surface area contributed by atoms with Gasteiger partial charge in [-0.25, -0.2) is 0 Å². The number of aryl methyl sites for hydroxylation is 1. The second-order valence-corrected chi connectivity index (χ2v) is 4.06. The second-order valence-electron chi connectivity index (χ2n) is 3.20. The molecule has 0 spiro atoms. The van der Waals surface area contributed by atoms with Gasteiger partial charge < -0.3 is 5.11 Å². The van der Waals surface area contributed by atoms with Crippen LogP contribution >= 0.6 is 15.9 Å². The molecule has 0 saturated heterocycles. The fourth-order valence-electron chi connectivity index (χ4n) is 1.33. The molecule has 13 heavy (non-hydrogen) atoms. The van der Waals surface area contributed by atoms with Gasteiger partial charge in [-0.15, -0.1) is 0 Å². The molecule has 0 heterocycles. The summed E-state index contributed by atoms with van der Waals surface area (Å²) in [5.74, 6) is 0.401. The monoisotopic (exact) mass is 242 g/mol. The predicted molar refractivity (Wildman–Crippen MR) is 59.0 cm³/mol. The van der Waals surface area contributed by atoms with Gasteiger partial charge in [-0.2, -0.15) is 0 Å². The van der Waals surface area contributed by atoms with E-state index in [2.05, 4.69) is 22.9 Å². The SMILES string of the molecule is CCCCCc1cccc(Br)c1O. The third-order valence-corrected chi connectivity index (χ3v) is 2.76. The molecule has 0 saturated carbocycles. The van der Waals surface area contributed by atoms with Gasteiger partial charge in [0.05, 0.1) is 4.47 Å². The van der Waals surface area contributed by atoms with Crippen molar-refractivity contribution < 1.29 is 5.11 Å². The van der Waals surface area contributed by atoms with Gasteiger partial charge in [-0.3, -0.25) is 0 Å². The van der Waals surface area contributed by atoms with E-state index in [0.29, 0.717) is 5.75 Å². The number of hydrogen-bond donors (Lipinski definition) is 1. The summed E-state index contributed by atoms with van der Waals surface area (Å²) in [5.41, 5.74) is 1.04. The van der Waals surface area contributed by atoms with E-state index in [4.69, 9.17) is 0 Å². The van der Waals surface area contributed by atoms with Crippen LogP contribution in [0.2, 0.25) is 0 Å². The van der Waals surface area contributed by atoms with Crippen molar-refractivity contribution in [2.75, 3.05) is 0 Å². The first kappa shape index (κ1) is 10.6. The number of phenols is 1. The Morgan fingerprint density at radius 2 is 2.08 bits per heavy atom. The highest BCUT2D eigenvalue weighted by atomic mass is 79.9. The summed E-state index contributed by atoms with van der Waals surface area (Å²) in [5, 5.41) is 9.65. The topological polar surface area (TPSA) is 20.2 Å². The fourth-order valence-corrected chi connectivity index (χ4v) is 1.73. The number of hydrogen-bond acceptors (Lipinski definition) is 1. The van der Waals surface area contributed by atoms with Crippen molar-refractivity contribution in [2.24, 2.45) is 0 Å². The third-order valence-electron chi connectivity index (χ3n) is 2.12. The van der Waals surface area contributed by atoms with Gasteiger partial charge in [-0.05, 0) is 40.4 Å². The lowest BCUT2D eigenvalue weighted by Crippen LogP contribution is -1.86. The highest BCUT2D eigenvalue weighted by molar-refractivity contribution is 9.10. The molecule has 0 atom stereocenters. The number of para-hydroxylation sites is 1. The van der Waals surface area contributed by atoms with Crippen LogP contribution in [-0.2, 0) is 6.42 Å². The maximum Gasteiger partial charge on any atom is 0.132 e. The van der Waals surface area contributed by atoms with E-state index in [1.165, 1.54) is 12.8 Å². The van der Waals surface area contributed by atoms with Crippen LogP contribution in [0.1, 0.15) is 31.7 Å². The van der Waals surface area contributed by atoms with Crippen molar-refractivity contribution in [3.05, 3.63) is 28.2 Å². The quantitative estimate of drug-likeness (QED) is 0.795. The summed E-state index contributed by atoms with van der Waals surface area (Å²) in [6.45, 7) is 2.18. The van der Waals surface area contributed by atoms with Crippen LogP contribution in [0.15, 0.2) is 22.7 Å². The van der Waals surface area contributed by atoms with E-state index in [1.807, 2.05) is 18.2 Å². The zero-order valence-electron chi connectivity index (χ0n) is 7.89. The second kappa shape index (κ2) is 5.28. The van der Waals surface area contributed by atoms with Crippen molar-refractivity contribution in [2.45, 2.75) is 32.6 Å². The molecular formula is C11H15BrO. The summed E-state index contributed by atoms with van der Waals surface area (Å²) in [4.78, 5) is 0. The minimum absolute atomic E-state index is 0.401. The van der Waals surface area contributed by atoms with E-state index in [1.54, 1.807) is 0 Å². The van der Waals surface area contributed by atoms with Crippen molar-refractivity contribution >= 4 is 15.9 Å². The van der Waals surface area contributed by atoms with Gasteiger partial charge in [-0.1, -0.05) is 31.9 Å². The molecule has 0 aliphatic rings. The smallest absolute Gasteiger partial charge is 0.132 e. The van der Waals surface area contributed by atoms with Crippen molar-refractivity contribution in [3.8, 4) is 5.75 Å². The maximum absolute atomic E-state index is 9.65. The molecular weight excluding hydrogens is 228 g/mol. The number of unbranched alkanes of at least 4 members (excludes halogenated alkanes) is 2. The van der Waals surface area contributed by atoms with E-state index in [-0.39, 0.29) is 0 Å². The number of halogens is 1. The maximum atomic E-state index is 9.65. The van der Waals surface area contributed by atoms with Crippen LogP contribution in [0.4, 0.5) is 0 Å². The summed E-state index contributed by atoms with van der Waals surface area (Å²) >= 11 is 3.31. The molecule has 1 rings (SSSR count). The van der Waals surface area contributed by atoms with E-state index in [0.717, 1.165) is 22.9 Å². The Morgan fingerprint density at radius 3 is 2.77 bits per heavy atom. The molecule has 0 amide bonds. The highest BCUT2D eigenvalue weighted by Crippen LogP contribution is 2.28. The lowest BCUT2D eigenvalue weighted by molar-refractivity contribution is 0.463. The average Bonchev–Trinajstić information content (AvgIpc) is 2.13. The molecule has 0 aromatic heterocycles. The van der Waals surface area contributed by atoms with Gasteiger partial charge in [0.2, 0.25) is 0 Å². The molecule has 1 aromatic rings. The largest absolute Gasteiger partial charge is 0.506 e. The molecule has 1 nitrogen and oxygen atoms in total. The standard InChI is InChI=1S/C11H15BrO/c1-2-3-4-6-9-7-5-8-10(12)11(9)13/h5,7-8,13H,2-4,6H2,1H3. The zero-order valence-corrected chi connectivity index (χ0v) is 9.47. The normalized spacial score (nSPS) is 10.3. The predicted octanol–water partition coefficient (Wildman–Crippen LogP) is 3.89. The van der Waals surface area contributed by atoms with Crippen LogP contribution in [0.3, 0.4) is 0 Å². The molecule has 0 radical (unpaired) electrons. The molecule has 1 aromatic carbocycles. The Morgan fingerprint density at radius 1 is 1.31 bits per heavy atom. The van der Waals surface area contributed by atoms with Gasteiger partial charge in [0.25, 0.3) is 0 Å². The Balaban J connectivity index is 2.61. The van der Waals surface area contributed by atoms with Gasteiger partial charge in [0, 0.05) is 0 Å². The van der Waals surface area contributed by atoms with Crippen molar-refractivity contribution in [1.82, 2.24) is 0 Å².